The van der Waals surface area contributed by atoms with Crippen LogP contribution in [0.4, 0.5) is 5.82 Å². The van der Waals surface area contributed by atoms with E-state index < -0.39 is 0 Å². The van der Waals surface area contributed by atoms with Crippen molar-refractivity contribution in [2.75, 3.05) is 18.0 Å². The Hall–Kier alpha value is -2.40. The fourth-order valence-corrected chi connectivity index (χ4v) is 3.40. The van der Waals surface area contributed by atoms with E-state index in [4.69, 9.17) is 0 Å². The molecule has 24 heavy (non-hydrogen) atoms. The number of amides is 1. The zero-order valence-corrected chi connectivity index (χ0v) is 13.7. The van der Waals surface area contributed by atoms with Gasteiger partial charge in [-0.25, -0.2) is 4.98 Å². The van der Waals surface area contributed by atoms with Gasteiger partial charge in [0.15, 0.2) is 0 Å². The Bertz CT molecular complexity index is 736. The number of carbonyl (C=O) groups excluding carboxylic acids is 1. The van der Waals surface area contributed by atoms with Crippen molar-refractivity contribution < 1.29 is 4.79 Å². The second-order valence-corrected chi connectivity index (χ2v) is 6.49. The Balaban J connectivity index is 1.37. The van der Waals surface area contributed by atoms with E-state index in [2.05, 4.69) is 38.7 Å². The number of benzene rings is 1. The maximum absolute atomic E-state index is 12.3. The van der Waals surface area contributed by atoms with Gasteiger partial charge in [0.25, 0.3) is 5.91 Å². The first-order valence-electron chi connectivity index (χ1n) is 8.60. The molecule has 1 aromatic carbocycles. The Labute approximate surface area is 142 Å². The van der Waals surface area contributed by atoms with Crippen molar-refractivity contribution in [3.8, 4) is 0 Å². The van der Waals surface area contributed by atoms with Crippen molar-refractivity contribution in [1.82, 2.24) is 15.6 Å². The molecule has 5 nitrogen and oxygen atoms in total. The highest BCUT2D eigenvalue weighted by Gasteiger charge is 2.14. The molecule has 1 amide bonds. The minimum Gasteiger partial charge on any atom is -0.357 e. The first kappa shape index (κ1) is 15.1. The van der Waals surface area contributed by atoms with Gasteiger partial charge in [0.05, 0.1) is 5.56 Å². The molecule has 5 heteroatoms. The number of pyridine rings is 1. The van der Waals surface area contributed by atoms with Gasteiger partial charge in [-0.1, -0.05) is 18.2 Å². The largest absolute Gasteiger partial charge is 0.357 e. The molecule has 124 valence electrons. The number of nitrogens with zero attached hydrogens (tertiary/aromatic N) is 2. The van der Waals surface area contributed by atoms with Gasteiger partial charge >= 0.3 is 0 Å². The van der Waals surface area contributed by atoms with Gasteiger partial charge in [-0.3, -0.25) is 4.79 Å². The van der Waals surface area contributed by atoms with E-state index in [1.807, 2.05) is 12.1 Å². The number of nitrogens with one attached hydrogen (secondary N) is 2. The molecule has 4 rings (SSSR count). The van der Waals surface area contributed by atoms with Crippen LogP contribution in [0.5, 0.6) is 0 Å². The summed E-state index contributed by atoms with van der Waals surface area (Å²) in [6.07, 6.45) is 4.12. The average molecular weight is 322 g/mol. The van der Waals surface area contributed by atoms with Gasteiger partial charge in [-0.05, 0) is 41.7 Å². The molecule has 0 aliphatic carbocycles. The maximum Gasteiger partial charge on any atom is 0.253 e. The van der Waals surface area contributed by atoms with Gasteiger partial charge in [0.1, 0.15) is 5.82 Å². The van der Waals surface area contributed by atoms with Crippen LogP contribution < -0.4 is 15.5 Å². The standard InChI is InChI=1S/C19H22N4O/c24-19(16-5-6-18(21-13-16)23-7-1-2-8-23)22-10-14-3-4-15-11-20-12-17(15)9-14/h3-6,9,13,20H,1-2,7-8,10-12H2,(H,22,24). The Morgan fingerprint density at radius 1 is 1.12 bits per heavy atom. The second-order valence-electron chi connectivity index (χ2n) is 6.49. The summed E-state index contributed by atoms with van der Waals surface area (Å²) in [5, 5.41) is 6.32. The number of rotatable bonds is 4. The van der Waals surface area contributed by atoms with Crippen molar-refractivity contribution in [2.24, 2.45) is 0 Å². The lowest BCUT2D eigenvalue weighted by atomic mass is 10.1. The highest BCUT2D eigenvalue weighted by atomic mass is 16.1. The Kier molecular flexibility index (Phi) is 4.17. The van der Waals surface area contributed by atoms with Crippen molar-refractivity contribution in [1.29, 1.82) is 0 Å². The summed E-state index contributed by atoms with van der Waals surface area (Å²) in [5.41, 5.74) is 4.43. The van der Waals surface area contributed by atoms with E-state index in [9.17, 15) is 4.79 Å². The van der Waals surface area contributed by atoms with E-state index in [1.54, 1.807) is 6.20 Å². The van der Waals surface area contributed by atoms with Crippen LogP contribution in [0.15, 0.2) is 36.5 Å². The van der Waals surface area contributed by atoms with Gasteiger partial charge in [-0.15, -0.1) is 0 Å². The molecule has 1 fully saturated rings. The van der Waals surface area contributed by atoms with Gasteiger partial charge in [0, 0.05) is 38.9 Å². The molecular formula is C19H22N4O. The molecule has 1 saturated heterocycles. The third-order valence-electron chi connectivity index (χ3n) is 4.79. The molecule has 0 radical (unpaired) electrons. The lowest BCUT2D eigenvalue weighted by Gasteiger charge is -2.16. The molecule has 2 N–H and O–H groups in total. The van der Waals surface area contributed by atoms with Crippen LogP contribution in [-0.2, 0) is 19.6 Å². The minimum atomic E-state index is -0.0749. The van der Waals surface area contributed by atoms with Crippen LogP contribution in [0, 0.1) is 0 Å². The molecule has 0 atom stereocenters. The highest BCUT2D eigenvalue weighted by molar-refractivity contribution is 5.94. The predicted octanol–water partition coefficient (Wildman–Crippen LogP) is 2.21. The van der Waals surface area contributed by atoms with E-state index in [1.165, 1.54) is 24.0 Å². The number of aromatic nitrogens is 1. The average Bonchev–Trinajstić information content (AvgIpc) is 3.31. The van der Waals surface area contributed by atoms with Crippen molar-refractivity contribution in [3.05, 3.63) is 58.8 Å². The van der Waals surface area contributed by atoms with E-state index >= 15 is 0 Å². The zero-order valence-electron chi connectivity index (χ0n) is 13.7. The summed E-state index contributed by atoms with van der Waals surface area (Å²) in [7, 11) is 0. The zero-order chi connectivity index (χ0) is 16.4. The normalized spacial score (nSPS) is 16.2. The molecule has 2 aliphatic heterocycles. The molecule has 0 bridgehead atoms. The Morgan fingerprint density at radius 2 is 1.96 bits per heavy atom. The smallest absolute Gasteiger partial charge is 0.253 e. The first-order chi connectivity index (χ1) is 11.8. The number of hydrogen-bond acceptors (Lipinski definition) is 4. The first-order valence-corrected chi connectivity index (χ1v) is 8.60. The maximum atomic E-state index is 12.3. The molecule has 3 heterocycles. The van der Waals surface area contributed by atoms with Crippen LogP contribution >= 0.6 is 0 Å². The summed E-state index contributed by atoms with van der Waals surface area (Å²) in [5.74, 6) is 0.893. The molecular weight excluding hydrogens is 300 g/mol. The monoisotopic (exact) mass is 322 g/mol. The van der Waals surface area contributed by atoms with Gasteiger partial charge in [0.2, 0.25) is 0 Å². The number of carbonyl (C=O) groups is 1. The van der Waals surface area contributed by atoms with Crippen molar-refractivity contribution in [3.63, 3.8) is 0 Å². The molecule has 1 aromatic heterocycles. The van der Waals surface area contributed by atoms with Crippen LogP contribution in [0.25, 0.3) is 0 Å². The number of anilines is 1. The summed E-state index contributed by atoms with van der Waals surface area (Å²) < 4.78 is 0. The lowest BCUT2D eigenvalue weighted by molar-refractivity contribution is 0.0950. The van der Waals surface area contributed by atoms with Gasteiger partial charge in [-0.2, -0.15) is 0 Å². The molecule has 2 aromatic rings. The molecule has 2 aliphatic rings. The summed E-state index contributed by atoms with van der Waals surface area (Å²) in [6.45, 7) is 4.52. The number of hydrogen-bond donors (Lipinski definition) is 2. The van der Waals surface area contributed by atoms with Crippen molar-refractivity contribution >= 4 is 11.7 Å². The fourth-order valence-electron chi connectivity index (χ4n) is 3.40. The molecule has 0 unspecified atom stereocenters. The van der Waals surface area contributed by atoms with E-state index in [-0.39, 0.29) is 5.91 Å². The Morgan fingerprint density at radius 3 is 2.75 bits per heavy atom. The predicted molar refractivity (Wildman–Crippen MR) is 93.8 cm³/mol. The third kappa shape index (κ3) is 3.12. The van der Waals surface area contributed by atoms with Gasteiger partial charge < -0.3 is 15.5 Å². The van der Waals surface area contributed by atoms with Crippen molar-refractivity contribution in [2.45, 2.75) is 32.5 Å². The van der Waals surface area contributed by atoms with E-state index in [0.29, 0.717) is 12.1 Å². The van der Waals surface area contributed by atoms with E-state index in [0.717, 1.165) is 37.6 Å². The SMILES string of the molecule is O=C(NCc1ccc2c(c1)CNC2)c1ccc(N2CCCC2)nc1. The highest BCUT2D eigenvalue weighted by Crippen LogP contribution is 2.18. The third-order valence-corrected chi connectivity index (χ3v) is 4.79. The second kappa shape index (κ2) is 6.61. The van der Waals surface area contributed by atoms with Crippen LogP contribution in [0.2, 0.25) is 0 Å². The fraction of sp³-hybridized carbons (Fsp3) is 0.368. The summed E-state index contributed by atoms with van der Waals surface area (Å²) >= 11 is 0. The lowest BCUT2D eigenvalue weighted by Crippen LogP contribution is -2.24. The molecule has 0 saturated carbocycles. The molecule has 0 spiro atoms. The van der Waals surface area contributed by atoms with Crippen LogP contribution in [0.1, 0.15) is 39.9 Å². The summed E-state index contributed by atoms with van der Waals surface area (Å²) in [4.78, 5) is 19.0. The topological polar surface area (TPSA) is 57.3 Å². The summed E-state index contributed by atoms with van der Waals surface area (Å²) in [6, 6.07) is 10.2. The van der Waals surface area contributed by atoms with Crippen LogP contribution in [0.3, 0.4) is 0 Å². The minimum absolute atomic E-state index is 0.0749. The number of fused-ring (bicyclic) bond motifs is 1. The van der Waals surface area contributed by atoms with Crippen LogP contribution in [-0.4, -0.2) is 24.0 Å². The quantitative estimate of drug-likeness (QED) is 0.906.